The Hall–Kier alpha value is -2.03. The molecule has 0 bridgehead atoms. The summed E-state index contributed by atoms with van der Waals surface area (Å²) in [5.74, 6) is 0.00290. The van der Waals surface area contributed by atoms with Gasteiger partial charge in [-0.15, -0.1) is 0 Å². The zero-order valence-corrected chi connectivity index (χ0v) is 8.56. The first-order chi connectivity index (χ1) is 7.75. The normalized spacial score (nSPS) is 10.1. The molecule has 2 rings (SSSR count). The number of aromatic hydroxyl groups is 1. The Bertz CT molecular complexity index is 483. The fourth-order valence-corrected chi connectivity index (χ4v) is 1.37. The smallest absolute Gasteiger partial charge is 0.165 e. The maximum atomic E-state index is 13.2. The third-order valence-corrected chi connectivity index (χ3v) is 2.14. The van der Waals surface area contributed by atoms with Crippen LogP contribution in [-0.4, -0.2) is 5.11 Å². The predicted molar refractivity (Wildman–Crippen MR) is 58.8 cm³/mol. The zero-order chi connectivity index (χ0) is 11.4. The summed E-state index contributed by atoms with van der Waals surface area (Å²) in [5, 5.41) is 9.24. The van der Waals surface area contributed by atoms with Crippen LogP contribution >= 0.6 is 0 Å². The fraction of sp³-hybridized carbons (Fsp3) is 0.0769. The molecule has 0 heterocycles. The summed E-state index contributed by atoms with van der Waals surface area (Å²) in [7, 11) is 0. The summed E-state index contributed by atoms with van der Waals surface area (Å²) >= 11 is 0. The van der Waals surface area contributed by atoms with Crippen molar-refractivity contribution in [3.8, 4) is 11.5 Å². The van der Waals surface area contributed by atoms with Gasteiger partial charge >= 0.3 is 0 Å². The third-order valence-electron chi connectivity index (χ3n) is 2.14. The Morgan fingerprint density at radius 1 is 1.06 bits per heavy atom. The van der Waals surface area contributed by atoms with E-state index in [9.17, 15) is 9.50 Å². The number of halogens is 1. The summed E-state index contributed by atoms with van der Waals surface area (Å²) in [6.07, 6.45) is 0. The lowest BCUT2D eigenvalue weighted by Crippen LogP contribution is -1.96. The van der Waals surface area contributed by atoms with Crippen molar-refractivity contribution in [2.75, 3.05) is 0 Å². The molecule has 2 aromatic rings. The highest BCUT2D eigenvalue weighted by atomic mass is 19.1. The van der Waals surface area contributed by atoms with E-state index < -0.39 is 0 Å². The number of ether oxygens (including phenoxy) is 1. The van der Waals surface area contributed by atoms with E-state index in [2.05, 4.69) is 0 Å². The van der Waals surface area contributed by atoms with Crippen molar-refractivity contribution < 1.29 is 14.2 Å². The van der Waals surface area contributed by atoms with Crippen molar-refractivity contribution in [1.29, 1.82) is 0 Å². The first-order valence-corrected chi connectivity index (χ1v) is 4.91. The van der Waals surface area contributed by atoms with Gasteiger partial charge in [-0.3, -0.25) is 0 Å². The van der Waals surface area contributed by atoms with Crippen LogP contribution in [0.5, 0.6) is 11.5 Å². The summed E-state index contributed by atoms with van der Waals surface area (Å²) in [4.78, 5) is 0. The van der Waals surface area contributed by atoms with Crippen LogP contribution in [0, 0.1) is 5.82 Å². The molecule has 0 amide bonds. The number of rotatable bonds is 3. The van der Waals surface area contributed by atoms with E-state index in [0.717, 1.165) is 5.56 Å². The van der Waals surface area contributed by atoms with E-state index in [1.807, 2.05) is 0 Å². The van der Waals surface area contributed by atoms with Crippen LogP contribution in [0.1, 0.15) is 5.56 Å². The maximum absolute atomic E-state index is 13.2. The van der Waals surface area contributed by atoms with Crippen molar-refractivity contribution in [2.45, 2.75) is 6.61 Å². The lowest BCUT2D eigenvalue weighted by Gasteiger charge is -2.07. The van der Waals surface area contributed by atoms with Crippen LogP contribution in [0.3, 0.4) is 0 Å². The molecule has 0 aliphatic heterocycles. The highest BCUT2D eigenvalue weighted by Gasteiger charge is 2.01. The molecule has 0 fully saturated rings. The molecule has 2 nitrogen and oxygen atoms in total. The van der Waals surface area contributed by atoms with Gasteiger partial charge in [-0.25, -0.2) is 4.39 Å². The minimum absolute atomic E-state index is 0.176. The predicted octanol–water partition coefficient (Wildman–Crippen LogP) is 3.11. The molecule has 3 heteroatoms. The van der Waals surface area contributed by atoms with Crippen LogP contribution in [0.15, 0.2) is 48.5 Å². The third kappa shape index (κ3) is 2.51. The van der Waals surface area contributed by atoms with Gasteiger partial charge in [0.15, 0.2) is 11.6 Å². The quantitative estimate of drug-likeness (QED) is 0.857. The first kappa shape index (κ1) is 10.5. The number of hydrogen-bond donors (Lipinski definition) is 1. The Kier molecular flexibility index (Phi) is 3.05. The van der Waals surface area contributed by atoms with Crippen LogP contribution in [0.2, 0.25) is 0 Å². The zero-order valence-electron chi connectivity index (χ0n) is 8.56. The van der Waals surface area contributed by atoms with Gasteiger partial charge in [0.1, 0.15) is 12.4 Å². The molecule has 0 saturated carbocycles. The van der Waals surface area contributed by atoms with E-state index >= 15 is 0 Å². The van der Waals surface area contributed by atoms with Gasteiger partial charge in [-0.1, -0.05) is 24.3 Å². The highest BCUT2D eigenvalue weighted by molar-refractivity contribution is 5.28. The average molecular weight is 218 g/mol. The maximum Gasteiger partial charge on any atom is 0.165 e. The van der Waals surface area contributed by atoms with E-state index in [1.165, 1.54) is 6.07 Å². The van der Waals surface area contributed by atoms with Gasteiger partial charge in [-0.2, -0.15) is 0 Å². The fourth-order valence-electron chi connectivity index (χ4n) is 1.37. The molecule has 1 N–H and O–H groups in total. The molecule has 0 aliphatic carbocycles. The molecule has 0 aromatic heterocycles. The molecule has 0 aliphatic rings. The van der Waals surface area contributed by atoms with Gasteiger partial charge in [0.05, 0.1) is 0 Å². The van der Waals surface area contributed by atoms with Crippen molar-refractivity contribution in [1.82, 2.24) is 0 Å². The molecule has 0 atom stereocenters. The van der Waals surface area contributed by atoms with E-state index in [-0.39, 0.29) is 23.9 Å². The lowest BCUT2D eigenvalue weighted by molar-refractivity contribution is 0.289. The van der Waals surface area contributed by atoms with Gasteiger partial charge in [0.25, 0.3) is 0 Å². The van der Waals surface area contributed by atoms with E-state index in [1.54, 1.807) is 42.5 Å². The van der Waals surface area contributed by atoms with E-state index in [4.69, 9.17) is 4.74 Å². The van der Waals surface area contributed by atoms with Gasteiger partial charge < -0.3 is 9.84 Å². The number of phenols is 1. The number of hydrogen-bond acceptors (Lipinski definition) is 2. The minimum Gasteiger partial charge on any atom is -0.508 e. The first-order valence-electron chi connectivity index (χ1n) is 4.91. The number of phenolic OH excluding ortho intramolecular Hbond substituents is 1. The summed E-state index contributed by atoms with van der Waals surface area (Å²) in [5.41, 5.74) is 0.795. The molecule has 0 unspecified atom stereocenters. The van der Waals surface area contributed by atoms with E-state index in [0.29, 0.717) is 0 Å². The Morgan fingerprint density at radius 2 is 1.88 bits per heavy atom. The van der Waals surface area contributed by atoms with Crippen molar-refractivity contribution in [3.05, 3.63) is 59.9 Å². The van der Waals surface area contributed by atoms with Crippen LogP contribution < -0.4 is 4.74 Å². The van der Waals surface area contributed by atoms with Gasteiger partial charge in [0, 0.05) is 0 Å². The Morgan fingerprint density at radius 3 is 2.62 bits per heavy atom. The second kappa shape index (κ2) is 4.66. The average Bonchev–Trinajstić information content (AvgIpc) is 2.28. The molecule has 16 heavy (non-hydrogen) atoms. The number of para-hydroxylation sites is 1. The molecule has 2 aromatic carbocycles. The minimum atomic E-state index is -0.386. The summed E-state index contributed by atoms with van der Waals surface area (Å²) < 4.78 is 18.5. The van der Waals surface area contributed by atoms with Crippen molar-refractivity contribution in [3.63, 3.8) is 0 Å². The molecule has 0 radical (unpaired) electrons. The molecule has 0 saturated heterocycles. The highest BCUT2D eigenvalue weighted by Crippen LogP contribution is 2.18. The van der Waals surface area contributed by atoms with Crippen molar-refractivity contribution in [2.24, 2.45) is 0 Å². The second-order valence-corrected chi connectivity index (χ2v) is 3.39. The molecule has 0 spiro atoms. The van der Waals surface area contributed by atoms with Crippen LogP contribution in [-0.2, 0) is 6.61 Å². The van der Waals surface area contributed by atoms with Crippen LogP contribution in [0.4, 0.5) is 4.39 Å². The van der Waals surface area contributed by atoms with Gasteiger partial charge in [-0.05, 0) is 29.8 Å². The standard InChI is InChI=1S/C13H11FO2/c14-12-6-1-2-7-13(12)16-9-10-4-3-5-11(15)8-10/h1-8,15H,9H2. The lowest BCUT2D eigenvalue weighted by atomic mass is 10.2. The molecular weight excluding hydrogens is 207 g/mol. The van der Waals surface area contributed by atoms with Crippen LogP contribution in [0.25, 0.3) is 0 Å². The molecule has 82 valence electrons. The largest absolute Gasteiger partial charge is 0.508 e. The molecular formula is C13H11FO2. The topological polar surface area (TPSA) is 29.5 Å². The second-order valence-electron chi connectivity index (χ2n) is 3.39. The van der Waals surface area contributed by atoms with Crippen molar-refractivity contribution >= 4 is 0 Å². The number of benzene rings is 2. The monoisotopic (exact) mass is 218 g/mol. The summed E-state index contributed by atoms with van der Waals surface area (Å²) in [6.45, 7) is 0.231. The Labute approximate surface area is 92.9 Å². The van der Waals surface area contributed by atoms with Gasteiger partial charge in [0.2, 0.25) is 0 Å². The summed E-state index contributed by atoms with van der Waals surface area (Å²) in [6, 6.07) is 12.9. The Balaban J connectivity index is 2.05. The SMILES string of the molecule is Oc1cccc(COc2ccccc2F)c1.